The minimum atomic E-state index is -3.33. The van der Waals surface area contributed by atoms with E-state index in [2.05, 4.69) is 5.32 Å². The van der Waals surface area contributed by atoms with Crippen molar-refractivity contribution in [1.29, 1.82) is 0 Å². The monoisotopic (exact) mass is 346 g/mol. The van der Waals surface area contributed by atoms with Crippen LogP contribution in [-0.2, 0) is 14.6 Å². The normalized spacial score (nSPS) is 14.0. The van der Waals surface area contributed by atoms with Crippen LogP contribution in [0.2, 0.25) is 0 Å². The van der Waals surface area contributed by atoms with Crippen LogP contribution in [0, 0.1) is 6.92 Å². The van der Waals surface area contributed by atoms with Crippen LogP contribution in [0.5, 0.6) is 0 Å². The zero-order valence-corrected chi connectivity index (χ0v) is 14.8. The quantitative estimate of drug-likeness (QED) is 0.866. The first-order valence-corrected chi connectivity index (χ1v) is 9.50. The zero-order chi connectivity index (χ0) is 17.9. The van der Waals surface area contributed by atoms with Crippen molar-refractivity contribution >= 4 is 15.7 Å². The van der Waals surface area contributed by atoms with Crippen molar-refractivity contribution < 1.29 is 13.2 Å². The fourth-order valence-electron chi connectivity index (χ4n) is 2.32. The Kier molecular flexibility index (Phi) is 5.41. The lowest BCUT2D eigenvalue weighted by Crippen LogP contribution is -2.40. The van der Waals surface area contributed by atoms with Crippen molar-refractivity contribution in [2.45, 2.75) is 30.8 Å². The molecule has 2 atom stereocenters. The van der Waals surface area contributed by atoms with Crippen LogP contribution < -0.4 is 11.1 Å². The number of amides is 1. The Morgan fingerprint density at radius 2 is 1.71 bits per heavy atom. The summed E-state index contributed by atoms with van der Waals surface area (Å²) >= 11 is 0. The van der Waals surface area contributed by atoms with Crippen molar-refractivity contribution in [2.24, 2.45) is 5.73 Å². The van der Waals surface area contributed by atoms with Gasteiger partial charge in [0.15, 0.2) is 9.84 Å². The van der Waals surface area contributed by atoms with Gasteiger partial charge in [-0.15, -0.1) is 0 Å². The van der Waals surface area contributed by atoms with Crippen LogP contribution in [0.3, 0.4) is 0 Å². The Bertz CT molecular complexity index is 828. The molecule has 0 spiro atoms. The Balaban J connectivity index is 2.49. The van der Waals surface area contributed by atoms with E-state index in [4.69, 9.17) is 5.73 Å². The second-order valence-corrected chi connectivity index (χ2v) is 8.00. The molecule has 1 unspecified atom stereocenters. The maximum atomic E-state index is 12.1. The first-order valence-electron chi connectivity index (χ1n) is 7.61. The van der Waals surface area contributed by atoms with Gasteiger partial charge in [-0.2, -0.15) is 0 Å². The fraction of sp³-hybridized carbons (Fsp3) is 0.278. The second-order valence-electron chi connectivity index (χ2n) is 5.99. The van der Waals surface area contributed by atoms with Gasteiger partial charge in [-0.05, 0) is 37.1 Å². The molecule has 128 valence electrons. The molecule has 0 bridgehead atoms. The van der Waals surface area contributed by atoms with Gasteiger partial charge in [0.1, 0.15) is 0 Å². The summed E-state index contributed by atoms with van der Waals surface area (Å²) in [5.74, 6) is -0.301. The minimum absolute atomic E-state index is 0.215. The van der Waals surface area contributed by atoms with Crippen molar-refractivity contribution in [1.82, 2.24) is 5.32 Å². The van der Waals surface area contributed by atoms with E-state index in [1.807, 2.05) is 31.2 Å². The van der Waals surface area contributed by atoms with E-state index < -0.39 is 21.9 Å². The third-order valence-electron chi connectivity index (χ3n) is 3.73. The molecule has 1 amide bonds. The van der Waals surface area contributed by atoms with E-state index in [0.717, 1.165) is 17.4 Å². The molecule has 0 aliphatic rings. The number of sulfone groups is 1. The molecule has 0 saturated heterocycles. The molecule has 0 aromatic heterocycles. The minimum Gasteiger partial charge on any atom is -0.344 e. The summed E-state index contributed by atoms with van der Waals surface area (Å²) in [6.45, 7) is 3.58. The molecule has 0 saturated carbocycles. The van der Waals surface area contributed by atoms with Gasteiger partial charge in [0.25, 0.3) is 0 Å². The molecule has 2 aromatic rings. The zero-order valence-electron chi connectivity index (χ0n) is 14.0. The topological polar surface area (TPSA) is 89.3 Å². The van der Waals surface area contributed by atoms with Gasteiger partial charge in [-0.3, -0.25) is 4.79 Å². The van der Waals surface area contributed by atoms with Crippen molar-refractivity contribution in [3.05, 3.63) is 65.2 Å². The van der Waals surface area contributed by atoms with E-state index in [9.17, 15) is 13.2 Å². The first kappa shape index (κ1) is 18.2. The molecule has 0 fully saturated rings. The van der Waals surface area contributed by atoms with Gasteiger partial charge in [0, 0.05) is 6.26 Å². The fourth-order valence-corrected chi connectivity index (χ4v) is 2.99. The molecule has 0 aliphatic carbocycles. The van der Waals surface area contributed by atoms with E-state index in [1.54, 1.807) is 31.2 Å². The predicted molar refractivity (Wildman–Crippen MR) is 94.4 cm³/mol. The number of aryl methyl sites for hydroxylation is 1. The Hall–Kier alpha value is -2.18. The third-order valence-corrected chi connectivity index (χ3v) is 4.84. The highest BCUT2D eigenvalue weighted by molar-refractivity contribution is 7.90. The summed E-state index contributed by atoms with van der Waals surface area (Å²) in [6, 6.07) is 13.2. The first-order chi connectivity index (χ1) is 11.2. The summed E-state index contributed by atoms with van der Waals surface area (Å²) in [6.07, 6.45) is 1.16. The molecule has 0 aliphatic heterocycles. The van der Waals surface area contributed by atoms with Crippen LogP contribution in [0.4, 0.5) is 0 Å². The van der Waals surface area contributed by atoms with Crippen LogP contribution in [-0.4, -0.2) is 26.6 Å². The van der Waals surface area contributed by atoms with E-state index >= 15 is 0 Å². The number of hydrogen-bond donors (Lipinski definition) is 2. The number of carbonyl (C=O) groups is 1. The summed E-state index contributed by atoms with van der Waals surface area (Å²) in [5, 5.41) is 2.89. The molecule has 0 heterocycles. The van der Waals surface area contributed by atoms with Gasteiger partial charge < -0.3 is 11.1 Å². The average Bonchev–Trinajstić information content (AvgIpc) is 2.52. The standard InChI is InChI=1S/C18H22N2O3S/c1-12-7-9-14(10-8-12)17(20-18(21)13(2)19)15-5-4-6-16(11-15)24(3,22)23/h4-11,13,17H,19H2,1-3H3,(H,20,21)/t13-,17?/m0/s1. The average molecular weight is 346 g/mol. The van der Waals surface area contributed by atoms with Crippen molar-refractivity contribution in [3.8, 4) is 0 Å². The largest absolute Gasteiger partial charge is 0.344 e. The molecular weight excluding hydrogens is 324 g/mol. The molecule has 2 rings (SSSR count). The number of carbonyl (C=O) groups excluding carboxylic acids is 1. The molecule has 0 radical (unpaired) electrons. The third kappa shape index (κ3) is 4.43. The highest BCUT2D eigenvalue weighted by Crippen LogP contribution is 2.25. The number of hydrogen-bond acceptors (Lipinski definition) is 4. The van der Waals surface area contributed by atoms with Gasteiger partial charge in [0.05, 0.1) is 17.0 Å². The van der Waals surface area contributed by atoms with Crippen LogP contribution in [0.15, 0.2) is 53.4 Å². The van der Waals surface area contributed by atoms with Gasteiger partial charge >= 0.3 is 0 Å². The molecule has 24 heavy (non-hydrogen) atoms. The number of benzene rings is 2. The molecular formula is C18H22N2O3S. The van der Waals surface area contributed by atoms with Gasteiger partial charge in [-0.25, -0.2) is 8.42 Å². The van der Waals surface area contributed by atoms with Crippen LogP contribution in [0.1, 0.15) is 29.7 Å². The Morgan fingerprint density at radius 1 is 1.08 bits per heavy atom. The van der Waals surface area contributed by atoms with Crippen molar-refractivity contribution in [2.75, 3.05) is 6.26 Å². The molecule has 2 aromatic carbocycles. The highest BCUT2D eigenvalue weighted by Gasteiger charge is 2.20. The van der Waals surface area contributed by atoms with E-state index in [-0.39, 0.29) is 10.8 Å². The van der Waals surface area contributed by atoms with Crippen LogP contribution in [0.25, 0.3) is 0 Å². The lowest BCUT2D eigenvalue weighted by Gasteiger charge is -2.21. The second kappa shape index (κ2) is 7.15. The smallest absolute Gasteiger partial charge is 0.237 e. The molecule has 3 N–H and O–H groups in total. The highest BCUT2D eigenvalue weighted by atomic mass is 32.2. The number of nitrogens with two attached hydrogens (primary N) is 1. The predicted octanol–water partition coefficient (Wildman–Crippen LogP) is 1.95. The summed E-state index contributed by atoms with van der Waals surface area (Å²) < 4.78 is 23.6. The summed E-state index contributed by atoms with van der Waals surface area (Å²) in [5.41, 5.74) is 8.31. The van der Waals surface area contributed by atoms with Gasteiger partial charge in [-0.1, -0.05) is 42.0 Å². The SMILES string of the molecule is Cc1ccc(C(NC(=O)[C@H](C)N)c2cccc(S(C)(=O)=O)c2)cc1. The lowest BCUT2D eigenvalue weighted by molar-refractivity contribution is -0.122. The molecule has 5 nitrogen and oxygen atoms in total. The summed E-state index contributed by atoms with van der Waals surface area (Å²) in [4.78, 5) is 12.3. The lowest BCUT2D eigenvalue weighted by atomic mass is 9.97. The van der Waals surface area contributed by atoms with E-state index in [0.29, 0.717) is 5.56 Å². The maximum Gasteiger partial charge on any atom is 0.237 e. The van der Waals surface area contributed by atoms with Crippen molar-refractivity contribution in [3.63, 3.8) is 0 Å². The van der Waals surface area contributed by atoms with Crippen LogP contribution >= 0.6 is 0 Å². The Morgan fingerprint density at radius 3 is 2.25 bits per heavy atom. The van der Waals surface area contributed by atoms with Gasteiger partial charge in [0.2, 0.25) is 5.91 Å². The summed E-state index contributed by atoms with van der Waals surface area (Å²) in [7, 11) is -3.33. The Labute approximate surface area is 142 Å². The number of nitrogens with one attached hydrogen (secondary N) is 1. The maximum absolute atomic E-state index is 12.1. The van der Waals surface area contributed by atoms with E-state index in [1.165, 1.54) is 0 Å². The molecule has 6 heteroatoms. The number of rotatable bonds is 5.